The Morgan fingerprint density at radius 3 is 2.43 bits per heavy atom. The predicted octanol–water partition coefficient (Wildman–Crippen LogP) is 1.78. The summed E-state index contributed by atoms with van der Waals surface area (Å²) in [5.74, 6) is -0.0779. The van der Waals surface area contributed by atoms with Crippen LogP contribution >= 0.6 is 0 Å². The molecule has 2 N–H and O–H groups in total. The van der Waals surface area contributed by atoms with E-state index in [0.717, 1.165) is 37.7 Å². The summed E-state index contributed by atoms with van der Waals surface area (Å²) >= 11 is 0. The summed E-state index contributed by atoms with van der Waals surface area (Å²) in [7, 11) is 1.62. The zero-order valence-electron chi connectivity index (χ0n) is 16.0. The number of morpholine rings is 1. The SMILES string of the molecule is C1COCCN1.COc1ccc(N2CC(CC(=O)O)(n3cccc3)C=N2)cc1. The lowest BCUT2D eigenvalue weighted by Gasteiger charge is -2.28. The van der Waals surface area contributed by atoms with Crippen molar-refractivity contribution in [3.63, 3.8) is 0 Å². The van der Waals surface area contributed by atoms with Gasteiger partial charge in [-0.3, -0.25) is 9.80 Å². The van der Waals surface area contributed by atoms with Gasteiger partial charge >= 0.3 is 5.97 Å². The fourth-order valence-electron chi connectivity index (χ4n) is 3.18. The molecule has 1 aromatic carbocycles. The highest BCUT2D eigenvalue weighted by molar-refractivity contribution is 5.82. The Kier molecular flexibility index (Phi) is 6.67. The van der Waals surface area contributed by atoms with Crippen LogP contribution in [0.5, 0.6) is 5.75 Å². The van der Waals surface area contributed by atoms with Crippen molar-refractivity contribution in [2.24, 2.45) is 5.10 Å². The molecule has 2 aromatic rings. The first-order chi connectivity index (χ1) is 13.6. The lowest BCUT2D eigenvalue weighted by molar-refractivity contribution is -0.138. The number of aromatic nitrogens is 1. The van der Waals surface area contributed by atoms with Crippen molar-refractivity contribution in [2.75, 3.05) is 45.0 Å². The molecule has 1 unspecified atom stereocenters. The maximum Gasteiger partial charge on any atom is 0.306 e. The fourth-order valence-corrected chi connectivity index (χ4v) is 3.18. The molecule has 2 aliphatic rings. The van der Waals surface area contributed by atoms with Gasteiger partial charge in [-0.1, -0.05) is 0 Å². The summed E-state index contributed by atoms with van der Waals surface area (Å²) in [6.45, 7) is 4.31. The number of hydrazone groups is 1. The maximum absolute atomic E-state index is 11.3. The quantitative estimate of drug-likeness (QED) is 0.814. The molecule has 150 valence electrons. The topological polar surface area (TPSA) is 88.3 Å². The van der Waals surface area contributed by atoms with E-state index >= 15 is 0 Å². The first-order valence-corrected chi connectivity index (χ1v) is 9.23. The number of benzene rings is 1. The lowest BCUT2D eigenvalue weighted by atomic mass is 9.97. The summed E-state index contributed by atoms with van der Waals surface area (Å²) in [5.41, 5.74) is 0.228. The molecule has 0 spiro atoms. The van der Waals surface area contributed by atoms with Gasteiger partial charge in [0.05, 0.1) is 45.2 Å². The third-order valence-corrected chi connectivity index (χ3v) is 4.65. The third kappa shape index (κ3) is 4.90. The first kappa shape index (κ1) is 19.9. The van der Waals surface area contributed by atoms with Gasteiger partial charge in [-0.15, -0.1) is 0 Å². The molecule has 3 heterocycles. The summed E-state index contributed by atoms with van der Waals surface area (Å²) in [5, 5.41) is 18.6. The molecule has 8 heteroatoms. The number of carbonyl (C=O) groups is 1. The smallest absolute Gasteiger partial charge is 0.306 e. The van der Waals surface area contributed by atoms with E-state index in [4.69, 9.17) is 9.47 Å². The second kappa shape index (κ2) is 9.38. The van der Waals surface area contributed by atoms with Crippen LogP contribution in [0.3, 0.4) is 0 Å². The minimum absolute atomic E-state index is 0.0160. The minimum atomic E-state index is -0.850. The number of carboxylic acid groups (broad SMARTS) is 1. The van der Waals surface area contributed by atoms with Gasteiger partial charge in [0, 0.05) is 25.5 Å². The molecule has 0 aliphatic carbocycles. The molecule has 0 amide bonds. The van der Waals surface area contributed by atoms with Gasteiger partial charge in [0.2, 0.25) is 0 Å². The Morgan fingerprint density at radius 1 is 1.25 bits per heavy atom. The highest BCUT2D eigenvalue weighted by Crippen LogP contribution is 2.30. The molecule has 1 saturated heterocycles. The van der Waals surface area contributed by atoms with Crippen molar-refractivity contribution in [1.29, 1.82) is 0 Å². The molecule has 0 radical (unpaired) electrons. The predicted molar refractivity (Wildman–Crippen MR) is 107 cm³/mol. The number of hydrogen-bond acceptors (Lipinski definition) is 6. The van der Waals surface area contributed by atoms with Crippen LogP contribution in [0, 0.1) is 0 Å². The van der Waals surface area contributed by atoms with Crippen molar-refractivity contribution in [3.05, 3.63) is 48.8 Å². The summed E-state index contributed by atoms with van der Waals surface area (Å²) in [4.78, 5) is 11.3. The van der Waals surface area contributed by atoms with Gasteiger partial charge in [0.25, 0.3) is 0 Å². The number of carboxylic acids is 1. The maximum atomic E-state index is 11.3. The molecule has 2 aliphatic heterocycles. The van der Waals surface area contributed by atoms with Crippen LogP contribution in [0.4, 0.5) is 5.69 Å². The van der Waals surface area contributed by atoms with Gasteiger partial charge in [-0.25, -0.2) is 0 Å². The molecular weight excluding hydrogens is 360 g/mol. The number of nitrogens with zero attached hydrogens (tertiary/aromatic N) is 3. The summed E-state index contributed by atoms with van der Waals surface area (Å²) in [6.07, 6.45) is 5.43. The highest BCUT2D eigenvalue weighted by Gasteiger charge is 2.39. The van der Waals surface area contributed by atoms with Gasteiger partial charge in [0.15, 0.2) is 0 Å². The van der Waals surface area contributed by atoms with E-state index < -0.39 is 11.5 Å². The number of aliphatic carboxylic acids is 1. The van der Waals surface area contributed by atoms with Crippen LogP contribution in [0.25, 0.3) is 0 Å². The average Bonchev–Trinajstić information content (AvgIpc) is 3.41. The zero-order chi connectivity index (χ0) is 19.8. The lowest BCUT2D eigenvalue weighted by Crippen LogP contribution is -2.41. The Balaban J connectivity index is 0.000000320. The van der Waals surface area contributed by atoms with Crippen molar-refractivity contribution in [2.45, 2.75) is 12.0 Å². The first-order valence-electron chi connectivity index (χ1n) is 9.23. The van der Waals surface area contributed by atoms with E-state index in [0.29, 0.717) is 6.54 Å². The monoisotopic (exact) mass is 386 g/mol. The summed E-state index contributed by atoms with van der Waals surface area (Å²) < 4.78 is 12.0. The third-order valence-electron chi connectivity index (χ3n) is 4.65. The zero-order valence-corrected chi connectivity index (χ0v) is 16.0. The van der Waals surface area contributed by atoms with Gasteiger partial charge in [-0.05, 0) is 36.4 Å². The molecule has 4 rings (SSSR count). The van der Waals surface area contributed by atoms with Crippen molar-refractivity contribution in [3.8, 4) is 5.75 Å². The molecule has 1 atom stereocenters. The molecule has 0 saturated carbocycles. The van der Waals surface area contributed by atoms with Crippen molar-refractivity contribution >= 4 is 17.9 Å². The van der Waals surface area contributed by atoms with Crippen LogP contribution in [0.1, 0.15) is 6.42 Å². The number of hydrogen-bond donors (Lipinski definition) is 2. The minimum Gasteiger partial charge on any atom is -0.497 e. The van der Waals surface area contributed by atoms with E-state index in [1.165, 1.54) is 0 Å². The van der Waals surface area contributed by atoms with Crippen molar-refractivity contribution < 1.29 is 19.4 Å². The fraction of sp³-hybridized carbons (Fsp3) is 0.400. The second-order valence-electron chi connectivity index (χ2n) is 6.63. The van der Waals surface area contributed by atoms with Gasteiger partial charge in [-0.2, -0.15) is 5.10 Å². The molecular formula is C20H26N4O4. The molecule has 1 aromatic heterocycles. The second-order valence-corrected chi connectivity index (χ2v) is 6.63. The number of ether oxygens (including phenoxy) is 2. The van der Waals surface area contributed by atoms with Gasteiger partial charge in [0.1, 0.15) is 11.3 Å². The Morgan fingerprint density at radius 2 is 1.93 bits per heavy atom. The van der Waals surface area contributed by atoms with Crippen LogP contribution in [0.15, 0.2) is 53.9 Å². The largest absolute Gasteiger partial charge is 0.497 e. The van der Waals surface area contributed by atoms with Crippen molar-refractivity contribution in [1.82, 2.24) is 9.88 Å². The van der Waals surface area contributed by atoms with E-state index in [1.807, 2.05) is 58.4 Å². The van der Waals surface area contributed by atoms with E-state index in [2.05, 4.69) is 10.4 Å². The highest BCUT2D eigenvalue weighted by atomic mass is 16.5. The number of anilines is 1. The van der Waals surface area contributed by atoms with E-state index in [-0.39, 0.29) is 6.42 Å². The normalized spacial score (nSPS) is 21.1. The van der Waals surface area contributed by atoms with Crippen LogP contribution in [-0.2, 0) is 15.1 Å². The standard InChI is InChI=1S/C16H17N3O3.C4H9NO/c1-22-14-6-4-13(5-7-14)19-12-16(11-17-19,10-15(20)21)18-8-2-3-9-18;1-3-6-4-2-5-1/h2-9,11H,10,12H2,1H3,(H,20,21);5H,1-4H2. The number of rotatable bonds is 5. The molecule has 28 heavy (non-hydrogen) atoms. The number of methoxy groups -OCH3 is 1. The average molecular weight is 386 g/mol. The molecule has 8 nitrogen and oxygen atoms in total. The van der Waals surface area contributed by atoms with Crippen LogP contribution in [-0.4, -0.2) is 61.8 Å². The molecule has 1 fully saturated rings. The van der Waals surface area contributed by atoms with Crippen LogP contribution < -0.4 is 15.1 Å². The summed E-state index contributed by atoms with van der Waals surface area (Å²) in [6, 6.07) is 11.3. The number of nitrogens with one attached hydrogen (secondary N) is 1. The van der Waals surface area contributed by atoms with Crippen LogP contribution in [0.2, 0.25) is 0 Å². The Hall–Kier alpha value is -2.84. The van der Waals surface area contributed by atoms with E-state index in [9.17, 15) is 9.90 Å². The Bertz CT molecular complexity index is 761. The molecule has 0 bridgehead atoms. The Labute approximate surface area is 164 Å². The van der Waals surface area contributed by atoms with Gasteiger partial charge < -0.3 is 24.5 Å². The van der Waals surface area contributed by atoms with E-state index in [1.54, 1.807) is 13.3 Å².